The van der Waals surface area contributed by atoms with Crippen LogP contribution in [0, 0.1) is 6.92 Å². The molecule has 0 saturated carbocycles. The van der Waals surface area contributed by atoms with E-state index < -0.39 is 0 Å². The van der Waals surface area contributed by atoms with E-state index >= 15 is 0 Å². The standard InChI is InChI=1S/C17H18N2OS/c1-3-20-14-8-9-15-16(10-14)21-17(19-15)11-18-13-6-4-12(2)5-7-13/h4-10,18H,3,11H2,1-2H3. The fraction of sp³-hybridized carbons (Fsp3) is 0.235. The average Bonchev–Trinajstić information content (AvgIpc) is 2.89. The van der Waals surface area contributed by atoms with Crippen LogP contribution in [0.1, 0.15) is 17.5 Å². The summed E-state index contributed by atoms with van der Waals surface area (Å²) in [5, 5.41) is 4.49. The highest BCUT2D eigenvalue weighted by Crippen LogP contribution is 2.27. The van der Waals surface area contributed by atoms with Crippen molar-refractivity contribution >= 4 is 27.2 Å². The molecule has 2 aromatic carbocycles. The number of nitrogens with zero attached hydrogens (tertiary/aromatic N) is 1. The Hall–Kier alpha value is -2.07. The Morgan fingerprint density at radius 3 is 2.71 bits per heavy atom. The van der Waals surface area contributed by atoms with Gasteiger partial charge in [0, 0.05) is 5.69 Å². The lowest BCUT2D eigenvalue weighted by Gasteiger charge is -2.03. The number of fused-ring (bicyclic) bond motifs is 1. The molecule has 3 nitrogen and oxygen atoms in total. The highest BCUT2D eigenvalue weighted by molar-refractivity contribution is 7.18. The molecule has 0 bridgehead atoms. The Morgan fingerprint density at radius 2 is 1.95 bits per heavy atom. The molecule has 0 radical (unpaired) electrons. The number of ether oxygens (including phenoxy) is 1. The molecule has 1 heterocycles. The summed E-state index contributed by atoms with van der Waals surface area (Å²) in [5.41, 5.74) is 3.42. The molecule has 21 heavy (non-hydrogen) atoms. The van der Waals surface area contributed by atoms with Gasteiger partial charge < -0.3 is 10.1 Å². The number of aryl methyl sites for hydroxylation is 1. The fourth-order valence-corrected chi connectivity index (χ4v) is 3.07. The minimum absolute atomic E-state index is 0.687. The molecule has 108 valence electrons. The molecule has 0 unspecified atom stereocenters. The number of thiazole rings is 1. The van der Waals surface area contributed by atoms with Crippen molar-refractivity contribution in [1.29, 1.82) is 0 Å². The molecular weight excluding hydrogens is 280 g/mol. The minimum Gasteiger partial charge on any atom is -0.494 e. The van der Waals surface area contributed by atoms with Crippen molar-refractivity contribution in [3.8, 4) is 5.75 Å². The largest absolute Gasteiger partial charge is 0.494 e. The fourth-order valence-electron chi connectivity index (χ4n) is 2.13. The summed E-state index contributed by atoms with van der Waals surface area (Å²) < 4.78 is 6.70. The van der Waals surface area contributed by atoms with Gasteiger partial charge in [-0.05, 0) is 44.2 Å². The first-order chi connectivity index (χ1) is 10.2. The number of aromatic nitrogens is 1. The quantitative estimate of drug-likeness (QED) is 0.746. The van der Waals surface area contributed by atoms with Gasteiger partial charge in [0.2, 0.25) is 0 Å². The normalized spacial score (nSPS) is 10.8. The van der Waals surface area contributed by atoms with Crippen LogP contribution in [0.3, 0.4) is 0 Å². The molecule has 0 aliphatic rings. The molecule has 0 fully saturated rings. The molecule has 1 N–H and O–H groups in total. The first-order valence-corrected chi connectivity index (χ1v) is 7.89. The van der Waals surface area contributed by atoms with Crippen LogP contribution < -0.4 is 10.1 Å². The van der Waals surface area contributed by atoms with E-state index in [2.05, 4.69) is 47.6 Å². The summed E-state index contributed by atoms with van der Waals surface area (Å²) in [7, 11) is 0. The monoisotopic (exact) mass is 298 g/mol. The topological polar surface area (TPSA) is 34.1 Å². The molecule has 0 aliphatic carbocycles. The van der Waals surface area contributed by atoms with E-state index in [-0.39, 0.29) is 0 Å². The second-order valence-corrected chi connectivity index (χ2v) is 6.00. The van der Waals surface area contributed by atoms with Crippen molar-refractivity contribution in [3.05, 3.63) is 53.0 Å². The van der Waals surface area contributed by atoms with Crippen molar-refractivity contribution in [2.45, 2.75) is 20.4 Å². The number of anilines is 1. The Bertz CT molecular complexity index is 734. The summed E-state index contributed by atoms with van der Waals surface area (Å²) >= 11 is 1.71. The molecule has 0 atom stereocenters. The molecular formula is C17H18N2OS. The van der Waals surface area contributed by atoms with Gasteiger partial charge in [0.1, 0.15) is 10.8 Å². The van der Waals surface area contributed by atoms with Gasteiger partial charge in [0.25, 0.3) is 0 Å². The number of hydrogen-bond donors (Lipinski definition) is 1. The maximum Gasteiger partial charge on any atom is 0.120 e. The van der Waals surface area contributed by atoms with Crippen molar-refractivity contribution in [2.75, 3.05) is 11.9 Å². The van der Waals surface area contributed by atoms with Crippen LogP contribution >= 0.6 is 11.3 Å². The third-order valence-corrected chi connectivity index (χ3v) is 4.23. The van der Waals surface area contributed by atoms with E-state index in [0.29, 0.717) is 6.61 Å². The van der Waals surface area contributed by atoms with Crippen molar-refractivity contribution < 1.29 is 4.74 Å². The lowest BCUT2D eigenvalue weighted by molar-refractivity contribution is 0.341. The van der Waals surface area contributed by atoms with E-state index in [4.69, 9.17) is 4.74 Å². The van der Waals surface area contributed by atoms with Gasteiger partial charge in [-0.3, -0.25) is 0 Å². The maximum atomic E-state index is 5.53. The third kappa shape index (κ3) is 3.34. The Balaban J connectivity index is 1.73. The number of benzene rings is 2. The van der Waals surface area contributed by atoms with E-state index in [9.17, 15) is 0 Å². The molecule has 3 rings (SSSR count). The number of hydrogen-bond acceptors (Lipinski definition) is 4. The summed E-state index contributed by atoms with van der Waals surface area (Å²) in [5.74, 6) is 0.909. The van der Waals surface area contributed by atoms with Crippen LogP contribution in [-0.4, -0.2) is 11.6 Å². The lowest BCUT2D eigenvalue weighted by atomic mass is 10.2. The van der Waals surface area contributed by atoms with Crippen LogP contribution in [0.25, 0.3) is 10.2 Å². The Morgan fingerprint density at radius 1 is 1.14 bits per heavy atom. The zero-order valence-electron chi connectivity index (χ0n) is 12.2. The molecule has 0 amide bonds. The lowest BCUT2D eigenvalue weighted by Crippen LogP contribution is -1.98. The summed E-state index contributed by atoms with van der Waals surface area (Å²) in [6, 6.07) is 14.5. The number of nitrogens with one attached hydrogen (secondary N) is 1. The van der Waals surface area contributed by atoms with Gasteiger partial charge in [0.15, 0.2) is 0 Å². The first kappa shape index (κ1) is 13.9. The van der Waals surface area contributed by atoms with Crippen molar-refractivity contribution in [1.82, 2.24) is 4.98 Å². The van der Waals surface area contributed by atoms with Gasteiger partial charge in [0.05, 0.1) is 23.4 Å². The van der Waals surface area contributed by atoms with Crippen LogP contribution in [0.4, 0.5) is 5.69 Å². The predicted molar refractivity (Wildman–Crippen MR) is 89.3 cm³/mol. The van der Waals surface area contributed by atoms with Crippen LogP contribution in [0.5, 0.6) is 5.75 Å². The Kier molecular flexibility index (Phi) is 4.06. The van der Waals surface area contributed by atoms with Gasteiger partial charge in [-0.2, -0.15) is 0 Å². The van der Waals surface area contributed by atoms with Gasteiger partial charge >= 0.3 is 0 Å². The second kappa shape index (κ2) is 6.14. The molecule has 3 aromatic rings. The average molecular weight is 298 g/mol. The highest BCUT2D eigenvalue weighted by Gasteiger charge is 2.05. The zero-order valence-corrected chi connectivity index (χ0v) is 13.0. The maximum absolute atomic E-state index is 5.53. The number of rotatable bonds is 5. The summed E-state index contributed by atoms with van der Waals surface area (Å²) in [4.78, 5) is 4.65. The van der Waals surface area contributed by atoms with E-state index in [1.165, 1.54) is 10.3 Å². The van der Waals surface area contributed by atoms with Gasteiger partial charge in [-0.15, -0.1) is 11.3 Å². The van der Waals surface area contributed by atoms with Gasteiger partial charge in [-0.1, -0.05) is 17.7 Å². The second-order valence-electron chi connectivity index (χ2n) is 4.89. The first-order valence-electron chi connectivity index (χ1n) is 7.07. The zero-order chi connectivity index (χ0) is 14.7. The van der Waals surface area contributed by atoms with Crippen LogP contribution in [0.2, 0.25) is 0 Å². The molecule has 0 spiro atoms. The molecule has 0 aliphatic heterocycles. The Labute approximate surface area is 128 Å². The minimum atomic E-state index is 0.687. The SMILES string of the molecule is CCOc1ccc2nc(CNc3ccc(C)cc3)sc2c1. The summed E-state index contributed by atoms with van der Waals surface area (Å²) in [6.45, 7) is 5.51. The van der Waals surface area contributed by atoms with E-state index in [1.807, 2.05) is 19.1 Å². The molecule has 1 aromatic heterocycles. The molecule has 4 heteroatoms. The van der Waals surface area contributed by atoms with Crippen molar-refractivity contribution in [2.24, 2.45) is 0 Å². The van der Waals surface area contributed by atoms with Crippen LogP contribution in [0.15, 0.2) is 42.5 Å². The van der Waals surface area contributed by atoms with Crippen LogP contribution in [-0.2, 0) is 6.54 Å². The highest BCUT2D eigenvalue weighted by atomic mass is 32.1. The van der Waals surface area contributed by atoms with E-state index in [1.54, 1.807) is 11.3 Å². The van der Waals surface area contributed by atoms with Gasteiger partial charge in [-0.25, -0.2) is 4.98 Å². The summed E-state index contributed by atoms with van der Waals surface area (Å²) in [6.07, 6.45) is 0. The smallest absolute Gasteiger partial charge is 0.120 e. The predicted octanol–water partition coefficient (Wildman–Crippen LogP) is 4.62. The van der Waals surface area contributed by atoms with Crippen molar-refractivity contribution in [3.63, 3.8) is 0 Å². The third-order valence-electron chi connectivity index (χ3n) is 3.21. The van der Waals surface area contributed by atoms with E-state index in [0.717, 1.165) is 28.5 Å². The molecule has 0 saturated heterocycles.